The molecule has 126 valence electrons. The average Bonchev–Trinajstić information content (AvgIpc) is 2.61. The summed E-state index contributed by atoms with van der Waals surface area (Å²) in [7, 11) is 0. The van der Waals surface area contributed by atoms with Crippen molar-refractivity contribution in [3.8, 4) is 5.75 Å². The Hall–Kier alpha value is -1.98. The highest BCUT2D eigenvalue weighted by Crippen LogP contribution is 2.35. The van der Waals surface area contributed by atoms with Crippen molar-refractivity contribution >= 4 is 43.8 Å². The smallest absolute Gasteiger partial charge is 0.148 e. The minimum atomic E-state index is -0.277. The Labute approximate surface area is 162 Å². The zero-order chi connectivity index (χ0) is 17.6. The summed E-state index contributed by atoms with van der Waals surface area (Å²) < 4.78 is 21.0. The van der Waals surface area contributed by atoms with Crippen molar-refractivity contribution in [2.75, 3.05) is 0 Å². The molecule has 0 radical (unpaired) electrons. The van der Waals surface area contributed by atoms with E-state index in [1.807, 2.05) is 42.5 Å². The lowest BCUT2D eigenvalue weighted by molar-refractivity contribution is 0.296. The van der Waals surface area contributed by atoms with E-state index in [1.54, 1.807) is 24.4 Å². The van der Waals surface area contributed by atoms with Gasteiger partial charge in [0.05, 0.1) is 14.6 Å². The molecular weight excluding hydrogens is 449 g/mol. The largest absolute Gasteiger partial charge is 0.486 e. The van der Waals surface area contributed by atoms with Gasteiger partial charge in [-0.15, -0.1) is 0 Å². The minimum absolute atomic E-state index is 0.154. The molecule has 0 spiro atoms. The van der Waals surface area contributed by atoms with Crippen molar-refractivity contribution < 1.29 is 9.13 Å². The molecule has 0 heterocycles. The minimum Gasteiger partial charge on any atom is -0.486 e. The normalized spacial score (nSPS) is 11.0. The Morgan fingerprint density at radius 2 is 1.56 bits per heavy atom. The summed E-state index contributed by atoms with van der Waals surface area (Å²) in [6.45, 7) is 0.154. The monoisotopic (exact) mass is 461 g/mol. The van der Waals surface area contributed by atoms with Crippen LogP contribution >= 0.6 is 31.9 Å². The van der Waals surface area contributed by atoms with Crippen LogP contribution in [0.15, 0.2) is 80.7 Å². The first-order chi connectivity index (χ1) is 12.1. The molecule has 0 saturated carbocycles. The third-order valence-corrected chi connectivity index (χ3v) is 4.65. The maximum atomic E-state index is 13.7. The van der Waals surface area contributed by atoms with Crippen molar-refractivity contribution in [1.82, 2.24) is 0 Å². The van der Waals surface area contributed by atoms with E-state index in [0.717, 1.165) is 20.2 Å². The lowest BCUT2D eigenvalue weighted by Gasteiger charge is -2.11. The van der Waals surface area contributed by atoms with Crippen LogP contribution in [0, 0.1) is 5.82 Å². The summed E-state index contributed by atoms with van der Waals surface area (Å²) in [5, 5.41) is 0. The van der Waals surface area contributed by atoms with E-state index in [9.17, 15) is 4.39 Å². The van der Waals surface area contributed by atoms with E-state index < -0.39 is 0 Å². The predicted molar refractivity (Wildman–Crippen MR) is 106 cm³/mol. The highest BCUT2D eigenvalue weighted by Gasteiger charge is 2.10. The summed E-state index contributed by atoms with van der Waals surface area (Å²) in [6.07, 6.45) is 1.78. The second kappa shape index (κ2) is 8.41. The molecule has 0 aliphatic heterocycles. The number of aliphatic imine (C=N–C) groups is 1. The third kappa shape index (κ3) is 4.77. The maximum absolute atomic E-state index is 13.7. The fourth-order valence-corrected chi connectivity index (χ4v) is 3.67. The van der Waals surface area contributed by atoms with Crippen LogP contribution in [-0.4, -0.2) is 6.21 Å². The number of benzene rings is 3. The van der Waals surface area contributed by atoms with Crippen LogP contribution in [0.5, 0.6) is 5.75 Å². The molecule has 0 N–H and O–H groups in total. The Morgan fingerprint density at radius 1 is 0.920 bits per heavy atom. The summed E-state index contributed by atoms with van der Waals surface area (Å²) in [5.41, 5.74) is 2.31. The summed E-state index contributed by atoms with van der Waals surface area (Å²) in [4.78, 5) is 4.44. The zero-order valence-electron chi connectivity index (χ0n) is 13.1. The molecule has 0 fully saturated rings. The van der Waals surface area contributed by atoms with Crippen LogP contribution in [0.3, 0.4) is 0 Å². The zero-order valence-corrected chi connectivity index (χ0v) is 16.3. The van der Waals surface area contributed by atoms with Gasteiger partial charge in [-0.05, 0) is 67.8 Å². The van der Waals surface area contributed by atoms with E-state index in [4.69, 9.17) is 4.74 Å². The standard InChI is InChI=1S/C20H14Br2FNO/c21-17-10-14(12-24-16-7-2-1-3-8-16)11-18(22)20(17)25-13-15-6-4-5-9-19(15)23/h1-12H,13H2. The Balaban J connectivity index is 1.76. The van der Waals surface area contributed by atoms with Gasteiger partial charge in [0.1, 0.15) is 18.2 Å². The first-order valence-corrected chi connectivity index (χ1v) is 9.16. The predicted octanol–water partition coefficient (Wildman–Crippen LogP) is 6.68. The van der Waals surface area contributed by atoms with Gasteiger partial charge in [0.15, 0.2) is 0 Å². The Bertz CT molecular complexity index is 874. The van der Waals surface area contributed by atoms with Gasteiger partial charge in [-0.25, -0.2) is 4.39 Å². The number of nitrogens with zero attached hydrogens (tertiary/aromatic N) is 1. The van der Waals surface area contributed by atoms with Gasteiger partial charge in [-0.2, -0.15) is 0 Å². The fraction of sp³-hybridized carbons (Fsp3) is 0.0500. The molecule has 0 aromatic heterocycles. The SMILES string of the molecule is Fc1ccccc1COc1c(Br)cc(C=Nc2ccccc2)cc1Br. The first-order valence-electron chi connectivity index (χ1n) is 7.58. The molecule has 0 bridgehead atoms. The summed E-state index contributed by atoms with van der Waals surface area (Å²) >= 11 is 7.01. The molecule has 0 amide bonds. The van der Waals surface area contributed by atoms with Crippen LogP contribution in [0.4, 0.5) is 10.1 Å². The number of halogens is 3. The van der Waals surface area contributed by atoms with Gasteiger partial charge >= 0.3 is 0 Å². The fourth-order valence-electron chi connectivity index (χ4n) is 2.22. The van der Waals surface area contributed by atoms with E-state index in [1.165, 1.54) is 6.07 Å². The highest BCUT2D eigenvalue weighted by molar-refractivity contribution is 9.11. The molecule has 0 saturated heterocycles. The van der Waals surface area contributed by atoms with E-state index in [-0.39, 0.29) is 12.4 Å². The van der Waals surface area contributed by atoms with Crippen LogP contribution in [0.25, 0.3) is 0 Å². The molecule has 0 unspecified atom stereocenters. The van der Waals surface area contributed by atoms with Crippen molar-refractivity contribution in [1.29, 1.82) is 0 Å². The van der Waals surface area contributed by atoms with Crippen LogP contribution < -0.4 is 4.74 Å². The number of para-hydroxylation sites is 1. The van der Waals surface area contributed by atoms with Crippen LogP contribution in [0.1, 0.15) is 11.1 Å². The van der Waals surface area contributed by atoms with E-state index in [2.05, 4.69) is 36.9 Å². The summed E-state index contributed by atoms with van der Waals surface area (Å²) in [6, 6.07) is 20.1. The summed E-state index contributed by atoms with van der Waals surface area (Å²) in [5.74, 6) is 0.349. The number of ether oxygens (including phenoxy) is 1. The Morgan fingerprint density at radius 3 is 2.24 bits per heavy atom. The molecule has 3 aromatic rings. The van der Waals surface area contributed by atoms with Crippen LogP contribution in [-0.2, 0) is 6.61 Å². The molecule has 2 nitrogen and oxygen atoms in total. The lowest BCUT2D eigenvalue weighted by Crippen LogP contribution is -2.00. The van der Waals surface area contributed by atoms with Gasteiger partial charge in [-0.1, -0.05) is 36.4 Å². The van der Waals surface area contributed by atoms with Crippen molar-refractivity contribution in [3.63, 3.8) is 0 Å². The van der Waals surface area contributed by atoms with E-state index >= 15 is 0 Å². The van der Waals surface area contributed by atoms with Gasteiger partial charge in [0, 0.05) is 11.8 Å². The van der Waals surface area contributed by atoms with Gasteiger partial charge < -0.3 is 4.74 Å². The second-order valence-electron chi connectivity index (χ2n) is 5.29. The van der Waals surface area contributed by atoms with E-state index in [0.29, 0.717) is 11.3 Å². The molecule has 5 heteroatoms. The van der Waals surface area contributed by atoms with Crippen LogP contribution in [0.2, 0.25) is 0 Å². The van der Waals surface area contributed by atoms with Crippen molar-refractivity contribution in [2.45, 2.75) is 6.61 Å². The topological polar surface area (TPSA) is 21.6 Å². The first kappa shape index (κ1) is 17.8. The average molecular weight is 463 g/mol. The molecule has 0 aliphatic rings. The third-order valence-electron chi connectivity index (χ3n) is 3.47. The lowest BCUT2D eigenvalue weighted by atomic mass is 10.2. The molecule has 0 aliphatic carbocycles. The van der Waals surface area contributed by atoms with Crippen molar-refractivity contribution in [3.05, 3.63) is 92.6 Å². The number of hydrogen-bond donors (Lipinski definition) is 0. The molecule has 3 aromatic carbocycles. The Kier molecular flexibility index (Phi) is 6.00. The van der Waals surface area contributed by atoms with Gasteiger partial charge in [-0.3, -0.25) is 4.99 Å². The second-order valence-corrected chi connectivity index (χ2v) is 7.00. The molecule has 0 atom stereocenters. The highest BCUT2D eigenvalue weighted by atomic mass is 79.9. The van der Waals surface area contributed by atoms with Gasteiger partial charge in [0.25, 0.3) is 0 Å². The molecular formula is C20H14Br2FNO. The quantitative estimate of drug-likeness (QED) is 0.387. The molecule has 3 rings (SSSR count). The maximum Gasteiger partial charge on any atom is 0.148 e. The number of hydrogen-bond acceptors (Lipinski definition) is 2. The van der Waals surface area contributed by atoms with Crippen molar-refractivity contribution in [2.24, 2.45) is 4.99 Å². The molecule has 25 heavy (non-hydrogen) atoms. The number of rotatable bonds is 5. The van der Waals surface area contributed by atoms with Gasteiger partial charge in [0.2, 0.25) is 0 Å².